The Morgan fingerprint density at radius 3 is 2.64 bits per heavy atom. The van der Waals surface area contributed by atoms with E-state index in [-0.39, 0.29) is 11.3 Å². The molecule has 2 aromatic rings. The Morgan fingerprint density at radius 1 is 1.25 bits per heavy atom. The molecule has 1 N–H and O–H groups in total. The van der Waals surface area contributed by atoms with E-state index < -0.39 is 0 Å². The fourth-order valence-electron chi connectivity index (χ4n) is 4.40. The standard InChI is InChI=1S/C22H30N4O2/c1-22(2,3)13-19-24-20(25-28-19)14-6-5-7-15(10-14)21(27)26(4)18-11-16-8-9-17(12-18)23-16/h5-7,10,16-18,23H,8-9,11-13H2,1-4H3. The second-order valence-corrected chi connectivity index (χ2v) is 9.51. The molecule has 1 aromatic heterocycles. The highest BCUT2D eigenvalue weighted by Crippen LogP contribution is 2.30. The molecule has 0 radical (unpaired) electrons. The molecule has 3 heterocycles. The molecule has 0 spiro atoms. The minimum absolute atomic E-state index is 0.0616. The quantitative estimate of drug-likeness (QED) is 0.873. The first-order valence-electron chi connectivity index (χ1n) is 10.2. The monoisotopic (exact) mass is 382 g/mol. The van der Waals surface area contributed by atoms with E-state index >= 15 is 0 Å². The Labute approximate surface area is 166 Å². The summed E-state index contributed by atoms with van der Waals surface area (Å²) < 4.78 is 5.41. The molecule has 2 aliphatic heterocycles. The van der Waals surface area contributed by atoms with Gasteiger partial charge in [0, 0.05) is 42.7 Å². The summed E-state index contributed by atoms with van der Waals surface area (Å²) in [6, 6.07) is 8.99. The molecule has 0 aliphatic carbocycles. The first-order chi connectivity index (χ1) is 13.3. The molecule has 28 heavy (non-hydrogen) atoms. The maximum Gasteiger partial charge on any atom is 0.253 e. The molecule has 1 amide bonds. The Kier molecular flexibility index (Phi) is 5.00. The van der Waals surface area contributed by atoms with E-state index in [9.17, 15) is 4.79 Å². The number of rotatable bonds is 4. The molecule has 6 nitrogen and oxygen atoms in total. The molecule has 2 atom stereocenters. The summed E-state index contributed by atoms with van der Waals surface area (Å²) in [5, 5.41) is 7.75. The molecule has 0 saturated carbocycles. The van der Waals surface area contributed by atoms with Crippen LogP contribution < -0.4 is 5.32 Å². The summed E-state index contributed by atoms with van der Waals surface area (Å²) in [6.07, 6.45) is 5.26. The fourth-order valence-corrected chi connectivity index (χ4v) is 4.40. The van der Waals surface area contributed by atoms with E-state index in [2.05, 4.69) is 36.2 Å². The van der Waals surface area contributed by atoms with Gasteiger partial charge in [-0.1, -0.05) is 38.1 Å². The summed E-state index contributed by atoms with van der Waals surface area (Å²) in [5.41, 5.74) is 1.57. The van der Waals surface area contributed by atoms with Crippen molar-refractivity contribution in [2.45, 2.75) is 71.0 Å². The number of nitrogens with zero attached hydrogens (tertiary/aromatic N) is 3. The average Bonchev–Trinajstić information content (AvgIpc) is 3.25. The summed E-state index contributed by atoms with van der Waals surface area (Å²) in [5.74, 6) is 1.23. The first kappa shape index (κ1) is 19.1. The maximum atomic E-state index is 13.1. The van der Waals surface area contributed by atoms with E-state index in [1.54, 1.807) is 0 Å². The predicted molar refractivity (Wildman–Crippen MR) is 108 cm³/mol. The van der Waals surface area contributed by atoms with Crippen molar-refractivity contribution in [1.82, 2.24) is 20.4 Å². The molecule has 2 unspecified atom stereocenters. The van der Waals surface area contributed by atoms with Crippen LogP contribution in [0.5, 0.6) is 0 Å². The van der Waals surface area contributed by atoms with Gasteiger partial charge in [-0.15, -0.1) is 0 Å². The van der Waals surface area contributed by atoms with E-state index in [0.717, 1.165) is 24.8 Å². The number of carbonyl (C=O) groups is 1. The second kappa shape index (κ2) is 7.32. The third-order valence-electron chi connectivity index (χ3n) is 5.83. The number of aromatic nitrogens is 2. The molecular formula is C22H30N4O2. The molecule has 4 rings (SSSR count). The number of benzene rings is 1. The Bertz CT molecular complexity index is 842. The van der Waals surface area contributed by atoms with E-state index in [1.807, 2.05) is 36.2 Å². The van der Waals surface area contributed by atoms with Gasteiger partial charge >= 0.3 is 0 Å². The van der Waals surface area contributed by atoms with Gasteiger partial charge in [0.1, 0.15) is 0 Å². The highest BCUT2D eigenvalue weighted by atomic mass is 16.5. The summed E-state index contributed by atoms with van der Waals surface area (Å²) in [6.45, 7) is 6.41. The molecule has 2 aliphatic rings. The van der Waals surface area contributed by atoms with Gasteiger partial charge in [0.15, 0.2) is 0 Å². The third kappa shape index (κ3) is 4.12. The van der Waals surface area contributed by atoms with Crippen LogP contribution in [0.25, 0.3) is 11.4 Å². The predicted octanol–water partition coefficient (Wildman–Crippen LogP) is 3.68. The number of carbonyl (C=O) groups excluding carboxylic acids is 1. The summed E-state index contributed by atoms with van der Waals surface area (Å²) >= 11 is 0. The molecular weight excluding hydrogens is 352 g/mol. The van der Waals surface area contributed by atoms with Crippen LogP contribution in [0.15, 0.2) is 28.8 Å². The van der Waals surface area contributed by atoms with Gasteiger partial charge in [-0.3, -0.25) is 4.79 Å². The highest BCUT2D eigenvalue weighted by Gasteiger charge is 2.36. The Balaban J connectivity index is 1.49. The van der Waals surface area contributed by atoms with Crippen LogP contribution in [0.3, 0.4) is 0 Å². The number of fused-ring (bicyclic) bond motifs is 2. The summed E-state index contributed by atoms with van der Waals surface area (Å²) in [7, 11) is 1.93. The van der Waals surface area contributed by atoms with Crippen LogP contribution in [-0.2, 0) is 6.42 Å². The number of hydrogen-bond donors (Lipinski definition) is 1. The second-order valence-electron chi connectivity index (χ2n) is 9.51. The van der Waals surface area contributed by atoms with Crippen LogP contribution >= 0.6 is 0 Å². The fraction of sp³-hybridized carbons (Fsp3) is 0.591. The van der Waals surface area contributed by atoms with Crippen LogP contribution in [0.4, 0.5) is 0 Å². The van der Waals surface area contributed by atoms with Gasteiger partial charge in [0.05, 0.1) is 0 Å². The minimum Gasteiger partial charge on any atom is -0.339 e. The van der Waals surface area contributed by atoms with Crippen molar-refractivity contribution in [1.29, 1.82) is 0 Å². The lowest BCUT2D eigenvalue weighted by molar-refractivity contribution is 0.0681. The topological polar surface area (TPSA) is 71.3 Å². The number of amides is 1. The van der Waals surface area contributed by atoms with Crippen molar-refractivity contribution in [3.8, 4) is 11.4 Å². The molecule has 150 valence electrons. The molecule has 2 bridgehead atoms. The van der Waals surface area contributed by atoms with Gasteiger partial charge < -0.3 is 14.7 Å². The minimum atomic E-state index is 0.0616. The lowest BCUT2D eigenvalue weighted by atomic mass is 9.92. The Morgan fingerprint density at radius 2 is 1.96 bits per heavy atom. The van der Waals surface area contributed by atoms with Crippen molar-refractivity contribution < 1.29 is 9.32 Å². The first-order valence-corrected chi connectivity index (χ1v) is 10.2. The van der Waals surface area contributed by atoms with Crippen molar-refractivity contribution in [3.63, 3.8) is 0 Å². The molecule has 1 aromatic carbocycles. The highest BCUT2D eigenvalue weighted by molar-refractivity contribution is 5.95. The smallest absolute Gasteiger partial charge is 0.253 e. The number of hydrogen-bond acceptors (Lipinski definition) is 5. The van der Waals surface area contributed by atoms with E-state index in [0.29, 0.717) is 35.4 Å². The van der Waals surface area contributed by atoms with Crippen LogP contribution in [0.2, 0.25) is 0 Å². The molecule has 2 fully saturated rings. The van der Waals surface area contributed by atoms with Crippen LogP contribution in [-0.4, -0.2) is 46.1 Å². The van der Waals surface area contributed by atoms with Gasteiger partial charge in [0.2, 0.25) is 11.7 Å². The van der Waals surface area contributed by atoms with E-state index in [4.69, 9.17) is 4.52 Å². The van der Waals surface area contributed by atoms with Gasteiger partial charge in [0.25, 0.3) is 5.91 Å². The Hall–Kier alpha value is -2.21. The largest absolute Gasteiger partial charge is 0.339 e. The zero-order chi connectivity index (χ0) is 19.9. The SMILES string of the molecule is CN(C(=O)c1cccc(-c2noc(CC(C)(C)C)n2)c1)C1CC2CCC(C1)N2. The number of nitrogens with one attached hydrogen (secondary N) is 1. The zero-order valence-corrected chi connectivity index (χ0v) is 17.2. The normalized spacial score (nSPS) is 24.4. The van der Waals surface area contributed by atoms with E-state index in [1.165, 1.54) is 12.8 Å². The van der Waals surface area contributed by atoms with Crippen molar-refractivity contribution in [2.24, 2.45) is 5.41 Å². The average molecular weight is 383 g/mol. The maximum absolute atomic E-state index is 13.1. The number of piperidine rings is 1. The van der Waals surface area contributed by atoms with Crippen LogP contribution in [0.1, 0.15) is 62.7 Å². The van der Waals surface area contributed by atoms with Gasteiger partial charge in [-0.05, 0) is 43.2 Å². The lowest BCUT2D eigenvalue weighted by Gasteiger charge is -2.35. The zero-order valence-electron chi connectivity index (χ0n) is 17.2. The van der Waals surface area contributed by atoms with Gasteiger partial charge in [-0.25, -0.2) is 0 Å². The third-order valence-corrected chi connectivity index (χ3v) is 5.83. The molecule has 6 heteroatoms. The summed E-state index contributed by atoms with van der Waals surface area (Å²) in [4.78, 5) is 19.5. The van der Waals surface area contributed by atoms with Crippen LogP contribution in [0, 0.1) is 5.41 Å². The van der Waals surface area contributed by atoms with Gasteiger partial charge in [-0.2, -0.15) is 4.98 Å². The lowest BCUT2D eigenvalue weighted by Crippen LogP contribution is -2.48. The van der Waals surface area contributed by atoms with Crippen molar-refractivity contribution >= 4 is 5.91 Å². The molecule has 2 saturated heterocycles. The van der Waals surface area contributed by atoms with Crippen molar-refractivity contribution in [2.75, 3.05) is 7.05 Å². The van der Waals surface area contributed by atoms with Crippen molar-refractivity contribution in [3.05, 3.63) is 35.7 Å².